The maximum absolute atomic E-state index is 12.9. The van der Waals surface area contributed by atoms with Gasteiger partial charge in [-0.3, -0.25) is 4.79 Å². The number of carbonyl (C=O) groups is 1. The first-order chi connectivity index (χ1) is 10.2. The van der Waals surface area contributed by atoms with Crippen LogP contribution in [0.5, 0.6) is 0 Å². The predicted molar refractivity (Wildman–Crippen MR) is 85.2 cm³/mol. The molecular formula is C17H23NO3S. The van der Waals surface area contributed by atoms with E-state index >= 15 is 0 Å². The molecule has 2 aliphatic rings. The van der Waals surface area contributed by atoms with Gasteiger partial charge in [-0.25, -0.2) is 8.42 Å². The lowest BCUT2D eigenvalue weighted by atomic mass is 9.87. The Kier molecular flexibility index (Phi) is 3.68. The summed E-state index contributed by atoms with van der Waals surface area (Å²) in [6.45, 7) is 6.31. The Hall–Kier alpha value is -1.20. The molecule has 0 aromatic heterocycles. The number of hydrogen-bond donors (Lipinski definition) is 0. The number of sulfonamides is 1. The number of hydrogen-bond acceptors (Lipinski definition) is 3. The summed E-state index contributed by atoms with van der Waals surface area (Å²) in [5, 5.41) is 0. The molecule has 120 valence electrons. The van der Waals surface area contributed by atoms with Gasteiger partial charge in [0.2, 0.25) is 10.0 Å². The normalized spacial score (nSPS) is 26.4. The Bertz CT molecular complexity index is 670. The van der Waals surface area contributed by atoms with E-state index in [-0.39, 0.29) is 23.3 Å². The van der Waals surface area contributed by atoms with Crippen LogP contribution < -0.4 is 0 Å². The first-order valence-corrected chi connectivity index (χ1v) is 9.29. The van der Waals surface area contributed by atoms with Crippen molar-refractivity contribution in [2.75, 3.05) is 0 Å². The SMILES string of the molecule is CC(C)(C)c1ccc(S(=O)(=O)N2C3CCC2CC(=O)C3)cc1. The molecule has 2 saturated heterocycles. The zero-order valence-electron chi connectivity index (χ0n) is 13.4. The summed E-state index contributed by atoms with van der Waals surface area (Å²) in [4.78, 5) is 12.0. The Morgan fingerprint density at radius 1 is 1.00 bits per heavy atom. The second-order valence-electron chi connectivity index (χ2n) is 7.44. The molecule has 0 aliphatic carbocycles. The van der Waals surface area contributed by atoms with Crippen molar-refractivity contribution < 1.29 is 13.2 Å². The Balaban J connectivity index is 1.92. The highest BCUT2D eigenvalue weighted by atomic mass is 32.2. The van der Waals surface area contributed by atoms with Crippen molar-refractivity contribution in [1.82, 2.24) is 4.31 Å². The molecule has 0 saturated carbocycles. The monoisotopic (exact) mass is 321 g/mol. The summed E-state index contributed by atoms with van der Waals surface area (Å²) in [5.41, 5.74) is 1.11. The summed E-state index contributed by atoms with van der Waals surface area (Å²) in [5.74, 6) is 0.196. The first kappa shape index (κ1) is 15.7. The van der Waals surface area contributed by atoms with Crippen LogP contribution in [0, 0.1) is 0 Å². The lowest BCUT2D eigenvalue weighted by molar-refractivity contribution is -0.122. The lowest BCUT2D eigenvalue weighted by Gasteiger charge is -2.33. The van der Waals surface area contributed by atoms with Gasteiger partial charge in [0, 0.05) is 24.9 Å². The van der Waals surface area contributed by atoms with Crippen LogP contribution in [0.2, 0.25) is 0 Å². The highest BCUT2D eigenvalue weighted by Crippen LogP contribution is 2.38. The first-order valence-electron chi connectivity index (χ1n) is 7.85. The van der Waals surface area contributed by atoms with Gasteiger partial charge in [-0.05, 0) is 36.0 Å². The molecule has 2 heterocycles. The maximum Gasteiger partial charge on any atom is 0.243 e. The fraction of sp³-hybridized carbons (Fsp3) is 0.588. The minimum Gasteiger partial charge on any atom is -0.300 e. The topological polar surface area (TPSA) is 54.5 Å². The highest BCUT2D eigenvalue weighted by Gasteiger charge is 2.46. The van der Waals surface area contributed by atoms with Crippen LogP contribution in [0.4, 0.5) is 0 Å². The molecule has 22 heavy (non-hydrogen) atoms. The Labute approximate surface area is 132 Å². The molecule has 0 spiro atoms. The molecule has 2 unspecified atom stereocenters. The van der Waals surface area contributed by atoms with Crippen molar-refractivity contribution in [3.63, 3.8) is 0 Å². The van der Waals surface area contributed by atoms with E-state index in [0.29, 0.717) is 17.7 Å². The number of ketones is 1. The average molecular weight is 321 g/mol. The van der Waals surface area contributed by atoms with E-state index < -0.39 is 10.0 Å². The molecular weight excluding hydrogens is 298 g/mol. The quantitative estimate of drug-likeness (QED) is 0.841. The zero-order chi connectivity index (χ0) is 16.1. The van der Waals surface area contributed by atoms with E-state index in [1.54, 1.807) is 16.4 Å². The largest absolute Gasteiger partial charge is 0.300 e. The Morgan fingerprint density at radius 2 is 1.50 bits per heavy atom. The van der Waals surface area contributed by atoms with E-state index in [9.17, 15) is 13.2 Å². The average Bonchev–Trinajstić information content (AvgIpc) is 2.71. The van der Waals surface area contributed by atoms with Crippen LogP contribution in [0.1, 0.15) is 52.0 Å². The number of Topliss-reactive ketones (excluding diaryl/α,β-unsaturated/α-hetero) is 1. The predicted octanol–water partition coefficient (Wildman–Crippen LogP) is 2.87. The molecule has 5 heteroatoms. The summed E-state index contributed by atoms with van der Waals surface area (Å²) < 4.78 is 27.5. The summed E-state index contributed by atoms with van der Waals surface area (Å²) >= 11 is 0. The summed E-state index contributed by atoms with van der Waals surface area (Å²) in [7, 11) is -3.50. The van der Waals surface area contributed by atoms with Crippen molar-refractivity contribution >= 4 is 15.8 Å². The number of carbonyl (C=O) groups excluding carboxylic acids is 1. The third-order valence-corrected chi connectivity index (χ3v) is 6.79. The van der Waals surface area contributed by atoms with E-state index in [1.165, 1.54) is 0 Å². The molecule has 3 rings (SSSR count). The van der Waals surface area contributed by atoms with Gasteiger partial charge in [-0.1, -0.05) is 32.9 Å². The van der Waals surface area contributed by atoms with Crippen LogP contribution in [0.25, 0.3) is 0 Å². The maximum atomic E-state index is 12.9. The number of piperidine rings is 1. The number of nitrogens with zero attached hydrogens (tertiary/aromatic N) is 1. The van der Waals surface area contributed by atoms with E-state index in [0.717, 1.165) is 18.4 Å². The second kappa shape index (κ2) is 5.17. The number of benzene rings is 1. The molecule has 0 radical (unpaired) electrons. The van der Waals surface area contributed by atoms with Crippen molar-refractivity contribution in [1.29, 1.82) is 0 Å². The fourth-order valence-corrected chi connectivity index (χ4v) is 5.44. The van der Waals surface area contributed by atoms with Crippen molar-refractivity contribution in [3.8, 4) is 0 Å². The van der Waals surface area contributed by atoms with Gasteiger partial charge in [0.15, 0.2) is 0 Å². The van der Waals surface area contributed by atoms with Gasteiger partial charge in [-0.2, -0.15) is 4.31 Å². The lowest BCUT2D eigenvalue weighted by Crippen LogP contribution is -2.46. The van der Waals surface area contributed by atoms with Crippen LogP contribution in [-0.2, 0) is 20.2 Å². The molecule has 2 bridgehead atoms. The van der Waals surface area contributed by atoms with Crippen LogP contribution >= 0.6 is 0 Å². The van der Waals surface area contributed by atoms with Crippen LogP contribution in [-0.4, -0.2) is 30.6 Å². The van der Waals surface area contributed by atoms with Gasteiger partial charge in [0.1, 0.15) is 5.78 Å². The standard InChI is InChI=1S/C17H23NO3S/c1-17(2,3)12-4-8-16(9-5-12)22(20,21)18-13-6-7-14(18)11-15(19)10-13/h4-5,8-9,13-14H,6-7,10-11H2,1-3H3. The molecule has 1 aromatic rings. The zero-order valence-corrected chi connectivity index (χ0v) is 14.2. The second-order valence-corrected chi connectivity index (χ2v) is 9.28. The smallest absolute Gasteiger partial charge is 0.243 e. The van der Waals surface area contributed by atoms with Gasteiger partial charge in [-0.15, -0.1) is 0 Å². The molecule has 2 fully saturated rings. The van der Waals surface area contributed by atoms with Crippen LogP contribution in [0.3, 0.4) is 0 Å². The van der Waals surface area contributed by atoms with E-state index in [4.69, 9.17) is 0 Å². The fourth-order valence-electron chi connectivity index (χ4n) is 3.57. The molecule has 0 N–H and O–H groups in total. The third kappa shape index (κ3) is 2.61. The van der Waals surface area contributed by atoms with Crippen molar-refractivity contribution in [2.24, 2.45) is 0 Å². The Morgan fingerprint density at radius 3 is 1.95 bits per heavy atom. The van der Waals surface area contributed by atoms with Crippen LogP contribution in [0.15, 0.2) is 29.2 Å². The number of fused-ring (bicyclic) bond motifs is 2. The van der Waals surface area contributed by atoms with Crippen molar-refractivity contribution in [2.45, 2.75) is 68.8 Å². The third-order valence-electron chi connectivity index (χ3n) is 4.78. The molecule has 2 aliphatic heterocycles. The minimum atomic E-state index is -3.50. The van der Waals surface area contributed by atoms with Gasteiger partial charge >= 0.3 is 0 Å². The number of rotatable bonds is 2. The molecule has 1 aromatic carbocycles. The van der Waals surface area contributed by atoms with Gasteiger partial charge in [0.05, 0.1) is 4.90 Å². The molecule has 0 amide bonds. The molecule has 4 nitrogen and oxygen atoms in total. The van der Waals surface area contributed by atoms with E-state index in [1.807, 2.05) is 12.1 Å². The minimum absolute atomic E-state index is 0.00113. The molecule has 2 atom stereocenters. The summed E-state index contributed by atoms with van der Waals surface area (Å²) in [6.07, 6.45) is 2.34. The van der Waals surface area contributed by atoms with Gasteiger partial charge < -0.3 is 0 Å². The van der Waals surface area contributed by atoms with E-state index in [2.05, 4.69) is 20.8 Å². The van der Waals surface area contributed by atoms with Crippen molar-refractivity contribution in [3.05, 3.63) is 29.8 Å². The van der Waals surface area contributed by atoms with Gasteiger partial charge in [0.25, 0.3) is 0 Å². The highest BCUT2D eigenvalue weighted by molar-refractivity contribution is 7.89. The summed E-state index contributed by atoms with van der Waals surface area (Å²) in [6, 6.07) is 6.91.